The molecule has 1 atom stereocenters. The van der Waals surface area contributed by atoms with Crippen LogP contribution in [0.5, 0.6) is 0 Å². The summed E-state index contributed by atoms with van der Waals surface area (Å²) in [6.07, 6.45) is 3.17. The summed E-state index contributed by atoms with van der Waals surface area (Å²) in [6, 6.07) is 2.22. The van der Waals surface area contributed by atoms with E-state index in [0.29, 0.717) is 19.5 Å². The van der Waals surface area contributed by atoms with Crippen LogP contribution in [0, 0.1) is 5.92 Å². The summed E-state index contributed by atoms with van der Waals surface area (Å²) in [7, 11) is 0. The smallest absolute Gasteiger partial charge is 0.228 e. The van der Waals surface area contributed by atoms with Gasteiger partial charge in [0.2, 0.25) is 11.8 Å². The molecule has 1 N–H and O–H groups in total. The Morgan fingerprint density at radius 3 is 2.95 bits per heavy atom. The van der Waals surface area contributed by atoms with Gasteiger partial charge in [-0.25, -0.2) is 0 Å². The maximum absolute atomic E-state index is 12.6. The van der Waals surface area contributed by atoms with E-state index in [1.807, 2.05) is 35.9 Å². The van der Waals surface area contributed by atoms with Crippen molar-refractivity contribution in [2.75, 3.05) is 13.1 Å². The molecule has 5 nitrogen and oxygen atoms in total. The largest absolute Gasteiger partial charge is 0.365 e. The Balaban J connectivity index is 1.67. The van der Waals surface area contributed by atoms with Crippen molar-refractivity contribution in [3.8, 4) is 0 Å². The van der Waals surface area contributed by atoms with Crippen LogP contribution in [-0.2, 0) is 22.6 Å². The molecule has 0 saturated carbocycles. The Kier molecular flexibility index (Phi) is 3.28. The number of aromatic amines is 1. The monoisotopic (exact) mass is 275 g/mol. The molecule has 0 aliphatic carbocycles. The highest BCUT2D eigenvalue weighted by Gasteiger charge is 2.38. The van der Waals surface area contributed by atoms with Crippen molar-refractivity contribution in [2.24, 2.45) is 5.92 Å². The molecular weight excluding hydrogens is 254 g/mol. The highest BCUT2D eigenvalue weighted by molar-refractivity contribution is 5.89. The number of likely N-dealkylation sites (tertiary alicyclic amines) is 1. The quantitative estimate of drug-likeness (QED) is 0.880. The number of aromatic nitrogens is 1. The van der Waals surface area contributed by atoms with Gasteiger partial charge in [0.05, 0.1) is 5.92 Å². The number of H-pyrrole nitrogens is 1. The Hall–Kier alpha value is -1.78. The number of nitrogens with one attached hydrogen (secondary N) is 1. The molecule has 108 valence electrons. The van der Waals surface area contributed by atoms with Gasteiger partial charge in [-0.1, -0.05) is 0 Å². The number of carbonyl (C=O) groups excluding carboxylic acids is 2. The second-order valence-corrected chi connectivity index (χ2v) is 6.03. The van der Waals surface area contributed by atoms with Gasteiger partial charge in [0, 0.05) is 50.4 Å². The van der Waals surface area contributed by atoms with Gasteiger partial charge in [0.1, 0.15) is 0 Å². The first-order chi connectivity index (χ1) is 9.56. The fraction of sp³-hybridized carbons (Fsp3) is 0.600. The normalized spacial score (nSPS) is 22.6. The van der Waals surface area contributed by atoms with Crippen LogP contribution in [0.3, 0.4) is 0 Å². The lowest BCUT2D eigenvalue weighted by Gasteiger charge is -2.29. The summed E-state index contributed by atoms with van der Waals surface area (Å²) in [5, 5.41) is 0. The summed E-state index contributed by atoms with van der Waals surface area (Å²) in [4.78, 5) is 31.4. The minimum absolute atomic E-state index is 0.109. The molecule has 1 saturated heterocycles. The maximum atomic E-state index is 12.6. The van der Waals surface area contributed by atoms with E-state index in [1.165, 1.54) is 11.3 Å². The summed E-state index contributed by atoms with van der Waals surface area (Å²) in [5.74, 6) is 0.0800. The standard InChI is InChI=1S/C15H21N3O2/c1-10(2)18-9-12(7-14(18)19)15(20)17-6-4-13-11(8-17)3-5-16-13/h3,5,10,12,16H,4,6-9H2,1-2H3. The predicted molar refractivity (Wildman–Crippen MR) is 74.9 cm³/mol. The second-order valence-electron chi connectivity index (χ2n) is 6.03. The van der Waals surface area contributed by atoms with E-state index in [1.54, 1.807) is 0 Å². The third kappa shape index (κ3) is 2.21. The number of carbonyl (C=O) groups is 2. The van der Waals surface area contributed by atoms with Crippen molar-refractivity contribution in [2.45, 2.75) is 39.3 Å². The van der Waals surface area contributed by atoms with Gasteiger partial charge in [0.15, 0.2) is 0 Å². The fourth-order valence-corrected chi connectivity index (χ4v) is 3.19. The molecule has 5 heteroatoms. The minimum Gasteiger partial charge on any atom is -0.365 e. The van der Waals surface area contributed by atoms with Crippen molar-refractivity contribution >= 4 is 11.8 Å². The Labute approximate surface area is 118 Å². The van der Waals surface area contributed by atoms with Gasteiger partial charge in [0.25, 0.3) is 0 Å². The molecule has 0 spiro atoms. The molecule has 0 radical (unpaired) electrons. The molecule has 3 rings (SSSR count). The Bertz CT molecular complexity index is 535. The van der Waals surface area contributed by atoms with E-state index in [-0.39, 0.29) is 23.8 Å². The average Bonchev–Trinajstić information content (AvgIpc) is 3.02. The number of hydrogen-bond donors (Lipinski definition) is 1. The van der Waals surface area contributed by atoms with Crippen molar-refractivity contribution in [1.29, 1.82) is 0 Å². The van der Waals surface area contributed by atoms with E-state index in [9.17, 15) is 9.59 Å². The zero-order chi connectivity index (χ0) is 14.3. The fourth-order valence-electron chi connectivity index (χ4n) is 3.19. The molecule has 1 unspecified atom stereocenters. The van der Waals surface area contributed by atoms with Gasteiger partial charge in [-0.2, -0.15) is 0 Å². The van der Waals surface area contributed by atoms with Crippen molar-refractivity contribution < 1.29 is 9.59 Å². The molecule has 2 amide bonds. The number of hydrogen-bond acceptors (Lipinski definition) is 2. The lowest BCUT2D eigenvalue weighted by molar-refractivity contribution is -0.136. The van der Waals surface area contributed by atoms with Crippen LogP contribution >= 0.6 is 0 Å². The highest BCUT2D eigenvalue weighted by atomic mass is 16.2. The minimum atomic E-state index is -0.162. The maximum Gasteiger partial charge on any atom is 0.228 e. The molecule has 2 aliphatic rings. The summed E-state index contributed by atoms with van der Waals surface area (Å²) in [6.45, 7) is 5.99. The van der Waals surface area contributed by atoms with Crippen LogP contribution in [0.4, 0.5) is 0 Å². The first-order valence-electron chi connectivity index (χ1n) is 7.29. The molecule has 0 aromatic carbocycles. The number of rotatable bonds is 2. The van der Waals surface area contributed by atoms with E-state index in [2.05, 4.69) is 4.98 Å². The topological polar surface area (TPSA) is 56.4 Å². The predicted octanol–water partition coefficient (Wildman–Crippen LogP) is 1.16. The third-order valence-electron chi connectivity index (χ3n) is 4.37. The van der Waals surface area contributed by atoms with Crippen LogP contribution in [0.2, 0.25) is 0 Å². The van der Waals surface area contributed by atoms with Gasteiger partial charge < -0.3 is 14.8 Å². The van der Waals surface area contributed by atoms with Crippen molar-refractivity contribution in [3.05, 3.63) is 23.5 Å². The molecule has 1 aromatic heterocycles. The van der Waals surface area contributed by atoms with Crippen molar-refractivity contribution in [3.63, 3.8) is 0 Å². The van der Waals surface area contributed by atoms with E-state index in [4.69, 9.17) is 0 Å². The van der Waals surface area contributed by atoms with Gasteiger partial charge in [-0.05, 0) is 25.5 Å². The number of nitrogens with zero attached hydrogens (tertiary/aromatic N) is 2. The average molecular weight is 275 g/mol. The second kappa shape index (κ2) is 4.96. The zero-order valence-electron chi connectivity index (χ0n) is 12.1. The lowest BCUT2D eigenvalue weighted by atomic mass is 10.0. The first kappa shape index (κ1) is 13.2. The van der Waals surface area contributed by atoms with Crippen LogP contribution in [0.1, 0.15) is 31.5 Å². The van der Waals surface area contributed by atoms with Crippen LogP contribution in [-0.4, -0.2) is 45.7 Å². The molecular formula is C15H21N3O2. The molecule has 1 fully saturated rings. The summed E-state index contributed by atoms with van der Waals surface area (Å²) in [5.41, 5.74) is 2.44. The van der Waals surface area contributed by atoms with Crippen LogP contribution in [0.25, 0.3) is 0 Å². The molecule has 1 aromatic rings. The van der Waals surface area contributed by atoms with E-state index in [0.717, 1.165) is 13.0 Å². The number of amides is 2. The molecule has 20 heavy (non-hydrogen) atoms. The van der Waals surface area contributed by atoms with E-state index < -0.39 is 0 Å². The van der Waals surface area contributed by atoms with Gasteiger partial charge in [-0.15, -0.1) is 0 Å². The molecule has 3 heterocycles. The molecule has 2 aliphatic heterocycles. The van der Waals surface area contributed by atoms with Gasteiger partial charge >= 0.3 is 0 Å². The van der Waals surface area contributed by atoms with Gasteiger partial charge in [-0.3, -0.25) is 9.59 Å². The highest BCUT2D eigenvalue weighted by Crippen LogP contribution is 2.25. The Morgan fingerprint density at radius 2 is 2.25 bits per heavy atom. The number of fused-ring (bicyclic) bond motifs is 1. The lowest BCUT2D eigenvalue weighted by Crippen LogP contribution is -2.41. The SMILES string of the molecule is CC(C)N1CC(C(=O)N2CCc3[nH]ccc3C2)CC1=O. The zero-order valence-corrected chi connectivity index (χ0v) is 12.1. The van der Waals surface area contributed by atoms with Crippen molar-refractivity contribution in [1.82, 2.24) is 14.8 Å². The Morgan fingerprint density at radius 1 is 1.45 bits per heavy atom. The summed E-state index contributed by atoms with van der Waals surface area (Å²) >= 11 is 0. The molecule has 0 bridgehead atoms. The summed E-state index contributed by atoms with van der Waals surface area (Å²) < 4.78 is 0. The van der Waals surface area contributed by atoms with Crippen LogP contribution in [0.15, 0.2) is 12.3 Å². The van der Waals surface area contributed by atoms with E-state index >= 15 is 0 Å². The first-order valence-corrected chi connectivity index (χ1v) is 7.29. The third-order valence-corrected chi connectivity index (χ3v) is 4.37. The van der Waals surface area contributed by atoms with Crippen LogP contribution < -0.4 is 0 Å².